The molecule has 0 unspecified atom stereocenters. The molecule has 4 aromatic rings. The number of carbonyl (C=O) groups is 1. The Bertz CT molecular complexity index is 1750. The molecule has 7 rings (SSSR count). The van der Waals surface area contributed by atoms with E-state index in [9.17, 15) is 13.2 Å². The molecule has 2 saturated carbocycles. The number of hydrogen-bond donors (Lipinski definition) is 2. The molecule has 2 aromatic heterocycles. The summed E-state index contributed by atoms with van der Waals surface area (Å²) >= 11 is 14.5. The number of nitrogens with one attached hydrogen (secondary N) is 2. The van der Waals surface area contributed by atoms with Gasteiger partial charge in [0.2, 0.25) is 10.0 Å². The first-order valence-corrected chi connectivity index (χ1v) is 17.3. The van der Waals surface area contributed by atoms with Crippen LogP contribution in [0.5, 0.6) is 0 Å². The van der Waals surface area contributed by atoms with Gasteiger partial charge in [-0.3, -0.25) is 4.79 Å². The average molecular weight is 647 g/mol. The minimum Gasteiger partial charge on any atom is -0.360 e. The van der Waals surface area contributed by atoms with Crippen molar-refractivity contribution in [1.82, 2.24) is 20.2 Å². The first kappa shape index (κ1) is 28.1. The molecule has 2 aromatic carbocycles. The number of aromatic nitrogens is 2. The van der Waals surface area contributed by atoms with Crippen molar-refractivity contribution in [2.75, 3.05) is 18.0 Å². The Kier molecular flexibility index (Phi) is 7.42. The van der Waals surface area contributed by atoms with Gasteiger partial charge in [-0.25, -0.2) is 18.1 Å². The fourth-order valence-corrected chi connectivity index (χ4v) is 8.37. The number of rotatable bonds is 9. The van der Waals surface area contributed by atoms with Crippen LogP contribution in [-0.4, -0.2) is 48.8 Å². The molecule has 0 spiro atoms. The van der Waals surface area contributed by atoms with Crippen LogP contribution in [0.2, 0.25) is 10.0 Å². The Balaban J connectivity index is 1.00. The van der Waals surface area contributed by atoms with Crippen LogP contribution in [0.4, 0.5) is 5.13 Å². The molecule has 42 heavy (non-hydrogen) atoms. The van der Waals surface area contributed by atoms with E-state index < -0.39 is 21.2 Å². The van der Waals surface area contributed by atoms with Crippen molar-refractivity contribution in [3.05, 3.63) is 63.3 Å². The van der Waals surface area contributed by atoms with Gasteiger partial charge in [-0.2, -0.15) is 0 Å². The van der Waals surface area contributed by atoms with Crippen molar-refractivity contribution in [2.24, 2.45) is 0 Å². The van der Waals surface area contributed by atoms with Gasteiger partial charge in [0.15, 0.2) is 5.13 Å². The van der Waals surface area contributed by atoms with Crippen LogP contribution < -0.4 is 14.9 Å². The zero-order chi connectivity index (χ0) is 29.0. The molecule has 3 heterocycles. The molecule has 1 aliphatic heterocycles. The fourth-order valence-electron chi connectivity index (χ4n) is 5.44. The summed E-state index contributed by atoms with van der Waals surface area (Å²) in [7, 11) is -3.59. The van der Waals surface area contributed by atoms with Gasteiger partial charge in [-0.15, -0.1) is 0 Å². The Morgan fingerprint density at radius 3 is 2.48 bits per heavy atom. The van der Waals surface area contributed by atoms with Gasteiger partial charge in [0.25, 0.3) is 5.91 Å². The van der Waals surface area contributed by atoms with Crippen LogP contribution in [0.25, 0.3) is 21.5 Å². The van der Waals surface area contributed by atoms with Gasteiger partial charge in [0, 0.05) is 48.3 Å². The van der Waals surface area contributed by atoms with Crippen molar-refractivity contribution in [2.45, 2.75) is 62.3 Å². The van der Waals surface area contributed by atoms with E-state index in [1.54, 1.807) is 18.2 Å². The molecule has 1 amide bonds. The third-order valence-electron chi connectivity index (χ3n) is 8.14. The van der Waals surface area contributed by atoms with E-state index in [4.69, 9.17) is 32.7 Å². The number of nitrogens with zero attached hydrogens (tertiary/aromatic N) is 3. The average Bonchev–Trinajstić information content (AvgIpc) is 3.91. The first-order chi connectivity index (χ1) is 20.3. The van der Waals surface area contributed by atoms with Gasteiger partial charge in [0.05, 0.1) is 25.5 Å². The lowest BCUT2D eigenvalue weighted by Gasteiger charge is -2.32. The number of benzene rings is 2. The highest BCUT2D eigenvalue weighted by Gasteiger charge is 2.37. The third kappa shape index (κ3) is 5.65. The van der Waals surface area contributed by atoms with Crippen LogP contribution >= 0.6 is 34.5 Å². The summed E-state index contributed by atoms with van der Waals surface area (Å²) in [6, 6.07) is 10.9. The molecule has 2 N–H and O–H groups in total. The maximum Gasteiger partial charge on any atom is 0.264 e. The summed E-state index contributed by atoms with van der Waals surface area (Å²) in [5.74, 6) is 0.737. The molecule has 1 saturated heterocycles. The molecule has 3 aliphatic rings. The number of thiazole rings is 1. The summed E-state index contributed by atoms with van der Waals surface area (Å²) in [5.41, 5.74) is 3.57. The standard InChI is InChI=1S/C29H29Cl2N5O4S2/c30-21-2-1-3-22(31)25(21)26-20(27(40-34-26)16-4-5-16)15-32-18-10-12-36(13-11-18)29-33-23-9-6-17(14-24(23)41-29)28(37)35-42(38,39)19-7-8-19/h1-3,6,9,14,16,18-19,32H,4-5,7-8,10-13,15H2,(H,35,37). The number of halogens is 2. The summed E-state index contributed by atoms with van der Waals surface area (Å²) < 4.78 is 33.2. The number of fused-ring (bicyclic) bond motifs is 1. The van der Waals surface area contributed by atoms with Crippen LogP contribution in [-0.2, 0) is 16.6 Å². The van der Waals surface area contributed by atoms with Gasteiger partial charge in [0.1, 0.15) is 11.5 Å². The second kappa shape index (κ2) is 11.1. The molecule has 0 bridgehead atoms. The van der Waals surface area contributed by atoms with Crippen LogP contribution in [0.15, 0.2) is 40.9 Å². The highest BCUT2D eigenvalue weighted by atomic mass is 35.5. The Morgan fingerprint density at radius 1 is 1.05 bits per heavy atom. The van der Waals surface area contributed by atoms with Crippen molar-refractivity contribution >= 4 is 65.8 Å². The first-order valence-electron chi connectivity index (χ1n) is 14.1. The number of hydrogen-bond acceptors (Lipinski definition) is 9. The monoisotopic (exact) mass is 645 g/mol. The van der Waals surface area contributed by atoms with Crippen LogP contribution in [0.3, 0.4) is 0 Å². The van der Waals surface area contributed by atoms with E-state index >= 15 is 0 Å². The molecule has 2 aliphatic carbocycles. The van der Waals surface area contributed by atoms with Crippen molar-refractivity contribution < 1.29 is 17.7 Å². The van der Waals surface area contributed by atoms with Gasteiger partial charge < -0.3 is 14.7 Å². The number of piperidine rings is 1. The SMILES string of the molecule is O=C(NS(=O)(=O)C1CC1)c1ccc2nc(N3CCC(NCc4c(-c5c(Cl)cccc5Cl)noc4C4CC4)CC3)sc2c1. The molecule has 0 atom stereocenters. The van der Waals surface area contributed by atoms with E-state index in [1.807, 2.05) is 18.2 Å². The zero-order valence-corrected chi connectivity index (χ0v) is 25.8. The summed E-state index contributed by atoms with van der Waals surface area (Å²) in [5, 5.41) is 9.68. The molecule has 9 nitrogen and oxygen atoms in total. The smallest absolute Gasteiger partial charge is 0.264 e. The number of sulfonamides is 1. The van der Waals surface area contributed by atoms with Crippen LogP contribution in [0, 0.1) is 0 Å². The van der Waals surface area contributed by atoms with Gasteiger partial charge in [-0.1, -0.05) is 45.8 Å². The Morgan fingerprint density at radius 2 is 1.79 bits per heavy atom. The molecular formula is C29H29Cl2N5O4S2. The highest BCUT2D eigenvalue weighted by Crippen LogP contribution is 2.46. The van der Waals surface area contributed by atoms with Crippen LogP contribution in [0.1, 0.15) is 66.1 Å². The van der Waals surface area contributed by atoms with Crippen molar-refractivity contribution in [3.63, 3.8) is 0 Å². The van der Waals surface area contributed by atoms with E-state index in [-0.39, 0.29) is 0 Å². The quantitative estimate of drug-likeness (QED) is 0.224. The van der Waals surface area contributed by atoms with Crippen molar-refractivity contribution in [1.29, 1.82) is 0 Å². The van der Waals surface area contributed by atoms with E-state index in [0.717, 1.165) is 65.4 Å². The summed E-state index contributed by atoms with van der Waals surface area (Å²) in [4.78, 5) is 19.6. The largest absolute Gasteiger partial charge is 0.360 e. The lowest BCUT2D eigenvalue weighted by Crippen LogP contribution is -2.42. The molecule has 13 heteroatoms. The topological polar surface area (TPSA) is 117 Å². The third-order valence-corrected chi connectivity index (χ3v) is 11.7. The second-order valence-electron chi connectivity index (χ2n) is 11.2. The van der Waals surface area contributed by atoms with Gasteiger partial charge in [-0.05, 0) is 68.9 Å². The Hall–Kier alpha value is -2.70. The lowest BCUT2D eigenvalue weighted by atomic mass is 10.0. The minimum absolute atomic E-state index is 0.316. The number of carbonyl (C=O) groups excluding carboxylic acids is 1. The second-order valence-corrected chi connectivity index (χ2v) is 15.0. The summed E-state index contributed by atoms with van der Waals surface area (Å²) in [6.07, 6.45) is 5.29. The van der Waals surface area contributed by atoms with Crippen molar-refractivity contribution in [3.8, 4) is 11.3 Å². The Labute approximate surface area is 257 Å². The molecule has 0 radical (unpaired) electrons. The maximum atomic E-state index is 12.6. The predicted molar refractivity (Wildman–Crippen MR) is 165 cm³/mol. The lowest BCUT2D eigenvalue weighted by molar-refractivity contribution is 0.0981. The van der Waals surface area contributed by atoms with E-state index in [0.29, 0.717) is 58.2 Å². The zero-order valence-electron chi connectivity index (χ0n) is 22.6. The summed E-state index contributed by atoms with van der Waals surface area (Å²) in [6.45, 7) is 2.30. The van der Waals surface area contributed by atoms with E-state index in [1.165, 1.54) is 11.3 Å². The molecule has 220 valence electrons. The number of anilines is 1. The predicted octanol–water partition coefficient (Wildman–Crippen LogP) is 6.12. The maximum absolute atomic E-state index is 12.6. The molecule has 3 fully saturated rings. The fraction of sp³-hybridized carbons (Fsp3) is 0.414. The molecular weight excluding hydrogens is 617 g/mol. The van der Waals surface area contributed by atoms with E-state index in [2.05, 4.69) is 20.1 Å². The minimum atomic E-state index is -3.59. The highest BCUT2D eigenvalue weighted by molar-refractivity contribution is 7.91. The normalized spacial score (nSPS) is 18.1. The van der Waals surface area contributed by atoms with Gasteiger partial charge >= 0.3 is 0 Å². The number of amides is 1.